The van der Waals surface area contributed by atoms with E-state index in [-0.39, 0.29) is 5.91 Å². The van der Waals surface area contributed by atoms with Gasteiger partial charge in [0.15, 0.2) is 0 Å². The molecule has 1 aliphatic rings. The lowest BCUT2D eigenvalue weighted by atomic mass is 10.0. The predicted octanol–water partition coefficient (Wildman–Crippen LogP) is 3.74. The summed E-state index contributed by atoms with van der Waals surface area (Å²) in [6.45, 7) is 3.62. The number of hydrogen-bond acceptors (Lipinski definition) is 5. The molecular weight excluding hydrogens is 360 g/mol. The summed E-state index contributed by atoms with van der Waals surface area (Å²) in [5.41, 5.74) is 2.91. The Kier molecular flexibility index (Phi) is 6.50. The van der Waals surface area contributed by atoms with Crippen LogP contribution in [0.15, 0.2) is 42.5 Å². The van der Waals surface area contributed by atoms with Crippen molar-refractivity contribution in [2.24, 2.45) is 0 Å². The third kappa shape index (κ3) is 4.89. The molecule has 0 bridgehead atoms. The van der Waals surface area contributed by atoms with Gasteiger partial charge in [0.2, 0.25) is 5.91 Å². The number of hydrogen-bond donors (Lipinski definition) is 1. The average Bonchev–Trinajstić information content (AvgIpc) is 2.72. The van der Waals surface area contributed by atoms with Gasteiger partial charge in [-0.05, 0) is 12.5 Å². The van der Waals surface area contributed by atoms with Gasteiger partial charge in [-0.25, -0.2) is 0 Å². The van der Waals surface area contributed by atoms with Crippen molar-refractivity contribution in [1.29, 1.82) is 0 Å². The zero-order chi connectivity index (χ0) is 19.2. The van der Waals surface area contributed by atoms with Crippen molar-refractivity contribution in [2.75, 3.05) is 44.1 Å². The van der Waals surface area contributed by atoms with Gasteiger partial charge in [0, 0.05) is 48.5 Å². The number of carbonyl (C=O) groups is 1. The van der Waals surface area contributed by atoms with E-state index in [2.05, 4.69) is 5.32 Å². The monoisotopic (exact) mass is 386 g/mol. The molecule has 1 unspecified atom stereocenters. The Morgan fingerprint density at radius 1 is 1.04 bits per heavy atom. The fourth-order valence-corrected chi connectivity index (χ4v) is 3.97. The number of carbonyl (C=O) groups excluding carboxylic acids is 1. The second-order valence-corrected chi connectivity index (χ2v) is 7.75. The summed E-state index contributed by atoms with van der Waals surface area (Å²) in [5, 5.41) is 3.40. The Balaban J connectivity index is 1.91. The Morgan fingerprint density at radius 3 is 2.19 bits per heavy atom. The van der Waals surface area contributed by atoms with Crippen molar-refractivity contribution in [3.8, 4) is 11.5 Å². The van der Waals surface area contributed by atoms with E-state index in [1.54, 1.807) is 14.2 Å². The van der Waals surface area contributed by atoms with Crippen LogP contribution in [-0.2, 0) is 4.79 Å². The van der Waals surface area contributed by atoms with Crippen LogP contribution in [-0.4, -0.2) is 49.6 Å². The van der Waals surface area contributed by atoms with Gasteiger partial charge in [-0.3, -0.25) is 4.79 Å². The number of methoxy groups -OCH3 is 2. The largest absolute Gasteiger partial charge is 0.497 e. The molecule has 2 aromatic carbocycles. The zero-order valence-electron chi connectivity index (χ0n) is 16.0. The Bertz CT molecular complexity index is 751. The van der Waals surface area contributed by atoms with Gasteiger partial charge in [0.1, 0.15) is 17.5 Å². The summed E-state index contributed by atoms with van der Waals surface area (Å²) in [7, 11) is 3.24. The molecule has 1 atom stereocenters. The summed E-state index contributed by atoms with van der Waals surface area (Å²) in [6.07, 6.45) is 0. The van der Waals surface area contributed by atoms with E-state index in [0.29, 0.717) is 11.5 Å². The lowest BCUT2D eigenvalue weighted by Crippen LogP contribution is -2.42. The molecule has 2 aromatic rings. The molecule has 0 spiro atoms. The number of rotatable bonds is 6. The lowest BCUT2D eigenvalue weighted by Gasteiger charge is -2.31. The van der Waals surface area contributed by atoms with E-state index in [1.807, 2.05) is 66.1 Å². The Morgan fingerprint density at radius 2 is 1.63 bits per heavy atom. The first kappa shape index (κ1) is 19.4. The van der Waals surface area contributed by atoms with Gasteiger partial charge in [-0.2, -0.15) is 11.8 Å². The second kappa shape index (κ2) is 9.04. The third-order valence-electron chi connectivity index (χ3n) is 4.64. The molecule has 144 valence electrons. The van der Waals surface area contributed by atoms with Crippen LogP contribution in [0.4, 0.5) is 5.69 Å². The maximum Gasteiger partial charge on any atom is 0.249 e. The molecule has 1 saturated heterocycles. The van der Waals surface area contributed by atoms with Gasteiger partial charge >= 0.3 is 0 Å². The van der Waals surface area contributed by atoms with Crippen molar-refractivity contribution in [3.63, 3.8) is 0 Å². The van der Waals surface area contributed by atoms with E-state index < -0.39 is 6.04 Å². The van der Waals surface area contributed by atoms with Crippen LogP contribution in [0.25, 0.3) is 0 Å². The summed E-state index contributed by atoms with van der Waals surface area (Å²) in [6, 6.07) is 13.2. The molecule has 0 aromatic heterocycles. The molecule has 5 nitrogen and oxygen atoms in total. The molecule has 1 fully saturated rings. The highest BCUT2D eigenvalue weighted by Gasteiger charge is 2.27. The van der Waals surface area contributed by atoms with Gasteiger partial charge < -0.3 is 19.7 Å². The molecular formula is C21H26N2O3S. The van der Waals surface area contributed by atoms with Crippen LogP contribution >= 0.6 is 11.8 Å². The highest BCUT2D eigenvalue weighted by Crippen LogP contribution is 2.30. The van der Waals surface area contributed by atoms with Gasteiger partial charge in [0.05, 0.1) is 14.2 Å². The van der Waals surface area contributed by atoms with E-state index in [9.17, 15) is 4.79 Å². The van der Waals surface area contributed by atoms with Crippen LogP contribution in [0.5, 0.6) is 11.5 Å². The number of aryl methyl sites for hydroxylation is 1. The molecule has 1 heterocycles. The number of anilines is 1. The fourth-order valence-electron chi connectivity index (χ4n) is 3.07. The van der Waals surface area contributed by atoms with E-state index >= 15 is 0 Å². The van der Waals surface area contributed by atoms with Crippen molar-refractivity contribution < 1.29 is 14.3 Å². The number of benzene rings is 2. The minimum absolute atomic E-state index is 0.0981. The number of ether oxygens (including phenoxy) is 2. The molecule has 0 saturated carbocycles. The zero-order valence-corrected chi connectivity index (χ0v) is 16.8. The SMILES string of the molecule is COc1cc(NC(C(=O)N2CCSCC2)c2ccc(C)cc2)cc(OC)c1. The van der Waals surface area contributed by atoms with Crippen molar-refractivity contribution >= 4 is 23.4 Å². The predicted molar refractivity (Wildman–Crippen MR) is 111 cm³/mol. The van der Waals surface area contributed by atoms with Crippen molar-refractivity contribution in [1.82, 2.24) is 4.90 Å². The molecule has 0 aliphatic carbocycles. The quantitative estimate of drug-likeness (QED) is 0.820. The third-order valence-corrected chi connectivity index (χ3v) is 5.59. The van der Waals surface area contributed by atoms with Crippen LogP contribution in [0.1, 0.15) is 17.2 Å². The van der Waals surface area contributed by atoms with Crippen molar-refractivity contribution in [2.45, 2.75) is 13.0 Å². The minimum Gasteiger partial charge on any atom is -0.497 e. The van der Waals surface area contributed by atoms with Gasteiger partial charge in [-0.1, -0.05) is 29.8 Å². The van der Waals surface area contributed by atoms with Crippen molar-refractivity contribution in [3.05, 3.63) is 53.6 Å². The number of amides is 1. The maximum atomic E-state index is 13.3. The minimum atomic E-state index is -0.453. The van der Waals surface area contributed by atoms with Crippen LogP contribution < -0.4 is 14.8 Å². The molecule has 1 N–H and O–H groups in total. The smallest absolute Gasteiger partial charge is 0.249 e. The number of thioether (sulfide) groups is 1. The molecule has 1 aliphatic heterocycles. The average molecular weight is 387 g/mol. The first-order valence-electron chi connectivity index (χ1n) is 9.03. The topological polar surface area (TPSA) is 50.8 Å². The highest BCUT2D eigenvalue weighted by molar-refractivity contribution is 7.99. The number of nitrogens with zero attached hydrogens (tertiary/aromatic N) is 1. The summed E-state index contributed by atoms with van der Waals surface area (Å²) in [5.74, 6) is 3.43. The molecule has 1 amide bonds. The van der Waals surface area contributed by atoms with E-state index in [0.717, 1.165) is 35.8 Å². The first-order valence-corrected chi connectivity index (χ1v) is 10.2. The highest BCUT2D eigenvalue weighted by atomic mass is 32.2. The van der Waals surface area contributed by atoms with E-state index in [4.69, 9.17) is 9.47 Å². The Labute approximate surface area is 165 Å². The normalized spacial score (nSPS) is 15.1. The summed E-state index contributed by atoms with van der Waals surface area (Å²) >= 11 is 1.89. The summed E-state index contributed by atoms with van der Waals surface area (Å²) in [4.78, 5) is 15.2. The van der Waals surface area contributed by atoms with Crippen LogP contribution in [0.3, 0.4) is 0 Å². The van der Waals surface area contributed by atoms with E-state index in [1.165, 1.54) is 5.56 Å². The number of nitrogens with one attached hydrogen (secondary N) is 1. The Hall–Kier alpha value is -2.34. The van der Waals surface area contributed by atoms with Crippen LogP contribution in [0.2, 0.25) is 0 Å². The first-order chi connectivity index (χ1) is 13.1. The molecule has 6 heteroatoms. The molecule has 3 rings (SSSR count). The maximum absolute atomic E-state index is 13.3. The second-order valence-electron chi connectivity index (χ2n) is 6.53. The van der Waals surface area contributed by atoms with Gasteiger partial charge in [0.25, 0.3) is 0 Å². The summed E-state index contributed by atoms with van der Waals surface area (Å²) < 4.78 is 10.7. The van der Waals surface area contributed by atoms with Gasteiger partial charge in [-0.15, -0.1) is 0 Å². The molecule has 0 radical (unpaired) electrons. The fraction of sp³-hybridized carbons (Fsp3) is 0.381. The lowest BCUT2D eigenvalue weighted by molar-refractivity contribution is -0.131. The standard InChI is InChI=1S/C21H26N2O3S/c1-15-4-6-16(7-5-15)20(21(24)23-8-10-27-11-9-23)22-17-12-18(25-2)14-19(13-17)26-3/h4-7,12-14,20,22H,8-11H2,1-3H3. The van der Waals surface area contributed by atoms with Crippen LogP contribution in [0, 0.1) is 6.92 Å². The molecule has 27 heavy (non-hydrogen) atoms.